The Balaban J connectivity index is 1.52. The molecule has 0 heterocycles. The summed E-state index contributed by atoms with van der Waals surface area (Å²) in [4.78, 5) is 4.21. The van der Waals surface area contributed by atoms with E-state index in [0.717, 1.165) is 37.5 Å². The fraction of sp³-hybridized carbons (Fsp3) is 0.278. The molecule has 3 N–H and O–H groups in total. The molecule has 2 aromatic rings. The molecule has 120 valence electrons. The first-order valence-corrected chi connectivity index (χ1v) is 7.70. The Hall–Kier alpha value is -2.43. The van der Waals surface area contributed by atoms with Crippen molar-refractivity contribution in [2.24, 2.45) is 16.6 Å². The summed E-state index contributed by atoms with van der Waals surface area (Å²) in [5.74, 6) is -0.416. The highest BCUT2D eigenvalue weighted by Crippen LogP contribution is 2.28. The quantitative estimate of drug-likeness (QED) is 0.670. The topological polar surface area (TPSA) is 50.4 Å². The van der Waals surface area contributed by atoms with E-state index < -0.39 is 11.6 Å². The van der Waals surface area contributed by atoms with Gasteiger partial charge in [-0.15, -0.1) is 0 Å². The van der Waals surface area contributed by atoms with E-state index in [1.807, 2.05) is 0 Å². The smallest absolute Gasteiger partial charge is 0.193 e. The highest BCUT2D eigenvalue weighted by atomic mass is 19.1. The average Bonchev–Trinajstić information content (AvgIpc) is 2.93. The van der Waals surface area contributed by atoms with Gasteiger partial charge in [-0.25, -0.2) is 8.78 Å². The number of anilines is 1. The monoisotopic (exact) mass is 315 g/mol. The second-order valence-corrected chi connectivity index (χ2v) is 5.85. The van der Waals surface area contributed by atoms with Gasteiger partial charge in [-0.1, -0.05) is 24.3 Å². The maximum atomic E-state index is 13.5. The standard InChI is InChI=1S/C18H19F2N3/c19-15-5-6-16(20)17(11-15)23-18(21)22-8-7-12-9-13-3-1-2-4-14(13)10-12/h1-6,11-12H,7-10H2,(H3,21,22,23). The van der Waals surface area contributed by atoms with Crippen molar-refractivity contribution in [3.8, 4) is 0 Å². The lowest BCUT2D eigenvalue weighted by molar-refractivity contribution is 0.523. The zero-order valence-electron chi connectivity index (χ0n) is 12.7. The minimum atomic E-state index is -0.559. The van der Waals surface area contributed by atoms with Crippen molar-refractivity contribution in [2.45, 2.75) is 19.3 Å². The van der Waals surface area contributed by atoms with Crippen LogP contribution < -0.4 is 11.1 Å². The zero-order chi connectivity index (χ0) is 16.2. The maximum Gasteiger partial charge on any atom is 0.193 e. The van der Waals surface area contributed by atoms with Gasteiger partial charge in [-0.2, -0.15) is 0 Å². The van der Waals surface area contributed by atoms with Crippen LogP contribution >= 0.6 is 0 Å². The van der Waals surface area contributed by atoms with Crippen molar-refractivity contribution >= 4 is 11.6 Å². The Labute approximate surface area is 134 Å². The number of hydrogen-bond acceptors (Lipinski definition) is 1. The van der Waals surface area contributed by atoms with Crippen LogP contribution in [0.3, 0.4) is 0 Å². The minimum absolute atomic E-state index is 0.000443. The van der Waals surface area contributed by atoms with Gasteiger partial charge in [-0.3, -0.25) is 4.99 Å². The first kappa shape index (κ1) is 15.5. The first-order chi connectivity index (χ1) is 11.1. The Bertz CT molecular complexity index is 703. The summed E-state index contributed by atoms with van der Waals surface area (Å²) in [6.45, 7) is 0.564. The number of fused-ring (bicyclic) bond motifs is 1. The van der Waals surface area contributed by atoms with Crippen molar-refractivity contribution in [1.29, 1.82) is 0 Å². The van der Waals surface area contributed by atoms with Gasteiger partial charge in [0.15, 0.2) is 5.96 Å². The molecule has 5 heteroatoms. The summed E-state index contributed by atoms with van der Waals surface area (Å²) >= 11 is 0. The molecule has 0 bridgehead atoms. The van der Waals surface area contributed by atoms with Gasteiger partial charge >= 0.3 is 0 Å². The number of guanidine groups is 1. The van der Waals surface area contributed by atoms with Crippen molar-refractivity contribution in [1.82, 2.24) is 0 Å². The highest BCUT2D eigenvalue weighted by Gasteiger charge is 2.20. The molecule has 0 fully saturated rings. The molecule has 0 radical (unpaired) electrons. The van der Waals surface area contributed by atoms with Gasteiger partial charge < -0.3 is 11.1 Å². The van der Waals surface area contributed by atoms with E-state index >= 15 is 0 Å². The number of aliphatic imine (C=N–C) groups is 1. The summed E-state index contributed by atoms with van der Waals surface area (Å²) in [5.41, 5.74) is 8.57. The normalized spacial score (nSPS) is 14.8. The van der Waals surface area contributed by atoms with E-state index in [1.54, 1.807) is 0 Å². The summed E-state index contributed by atoms with van der Waals surface area (Å²) in [6, 6.07) is 11.6. The van der Waals surface area contributed by atoms with Crippen LogP contribution in [0.15, 0.2) is 47.5 Å². The molecular formula is C18H19F2N3. The molecule has 0 spiro atoms. The molecule has 1 aliphatic carbocycles. The van der Waals surface area contributed by atoms with E-state index in [2.05, 4.69) is 34.6 Å². The van der Waals surface area contributed by atoms with Crippen LogP contribution in [0, 0.1) is 17.6 Å². The number of nitrogens with zero attached hydrogens (tertiary/aromatic N) is 1. The molecule has 3 rings (SSSR count). The fourth-order valence-corrected chi connectivity index (χ4v) is 2.99. The van der Waals surface area contributed by atoms with E-state index in [9.17, 15) is 8.78 Å². The van der Waals surface area contributed by atoms with Gasteiger partial charge in [0, 0.05) is 12.6 Å². The second kappa shape index (κ2) is 6.77. The molecule has 1 aliphatic rings. The predicted octanol–water partition coefficient (Wildman–Crippen LogP) is 3.50. The van der Waals surface area contributed by atoms with Crippen LogP contribution in [-0.4, -0.2) is 12.5 Å². The molecule has 0 atom stereocenters. The second-order valence-electron chi connectivity index (χ2n) is 5.85. The molecule has 3 nitrogen and oxygen atoms in total. The summed E-state index contributed by atoms with van der Waals surface area (Å²) in [6.07, 6.45) is 3.05. The van der Waals surface area contributed by atoms with Gasteiger partial charge in [-0.05, 0) is 48.4 Å². The summed E-state index contributed by atoms with van der Waals surface area (Å²) in [5, 5.41) is 2.61. The van der Waals surface area contributed by atoms with E-state index in [0.29, 0.717) is 12.5 Å². The van der Waals surface area contributed by atoms with E-state index in [-0.39, 0.29) is 11.6 Å². The Kier molecular flexibility index (Phi) is 4.55. The Morgan fingerprint density at radius 2 is 1.83 bits per heavy atom. The fourth-order valence-electron chi connectivity index (χ4n) is 2.99. The van der Waals surface area contributed by atoms with Gasteiger partial charge in [0.05, 0.1) is 5.69 Å². The molecule has 0 aliphatic heterocycles. The van der Waals surface area contributed by atoms with Gasteiger partial charge in [0.1, 0.15) is 11.6 Å². The number of hydrogen-bond donors (Lipinski definition) is 2. The van der Waals surface area contributed by atoms with E-state index in [1.165, 1.54) is 11.1 Å². The molecule has 2 aromatic carbocycles. The van der Waals surface area contributed by atoms with Crippen LogP contribution in [0.5, 0.6) is 0 Å². The molecule has 0 saturated heterocycles. The molecule has 0 aromatic heterocycles. The van der Waals surface area contributed by atoms with E-state index in [4.69, 9.17) is 5.73 Å². The third-order valence-electron chi connectivity index (χ3n) is 4.15. The number of halogens is 2. The lowest BCUT2D eigenvalue weighted by atomic mass is 10.0. The van der Waals surface area contributed by atoms with Crippen LogP contribution in [0.1, 0.15) is 17.5 Å². The SMILES string of the molecule is NC(=NCCC1Cc2ccccc2C1)Nc1cc(F)ccc1F. The zero-order valence-corrected chi connectivity index (χ0v) is 12.7. The van der Waals surface area contributed by atoms with Gasteiger partial charge in [0.25, 0.3) is 0 Å². The lowest BCUT2D eigenvalue weighted by Gasteiger charge is -2.09. The van der Waals surface area contributed by atoms with Crippen LogP contribution in [-0.2, 0) is 12.8 Å². The lowest BCUT2D eigenvalue weighted by Crippen LogP contribution is -2.23. The Morgan fingerprint density at radius 3 is 2.52 bits per heavy atom. The summed E-state index contributed by atoms with van der Waals surface area (Å²) < 4.78 is 26.6. The predicted molar refractivity (Wildman–Crippen MR) is 88.4 cm³/mol. The third-order valence-corrected chi connectivity index (χ3v) is 4.15. The maximum absolute atomic E-state index is 13.5. The molecule has 0 amide bonds. The Morgan fingerprint density at radius 1 is 1.13 bits per heavy atom. The highest BCUT2D eigenvalue weighted by molar-refractivity contribution is 5.92. The van der Waals surface area contributed by atoms with Crippen molar-refractivity contribution in [2.75, 3.05) is 11.9 Å². The molecular weight excluding hydrogens is 296 g/mol. The van der Waals surface area contributed by atoms with Crippen molar-refractivity contribution < 1.29 is 8.78 Å². The number of rotatable bonds is 4. The minimum Gasteiger partial charge on any atom is -0.370 e. The molecule has 0 saturated carbocycles. The number of nitrogens with one attached hydrogen (secondary N) is 1. The average molecular weight is 315 g/mol. The van der Waals surface area contributed by atoms with Crippen LogP contribution in [0.25, 0.3) is 0 Å². The number of nitrogens with two attached hydrogens (primary N) is 1. The first-order valence-electron chi connectivity index (χ1n) is 7.70. The molecule has 0 unspecified atom stereocenters. The third kappa shape index (κ3) is 3.86. The summed E-state index contributed by atoms with van der Waals surface area (Å²) in [7, 11) is 0. The molecule has 23 heavy (non-hydrogen) atoms. The van der Waals surface area contributed by atoms with Crippen molar-refractivity contribution in [3.05, 3.63) is 65.2 Å². The van der Waals surface area contributed by atoms with Gasteiger partial charge in [0.2, 0.25) is 0 Å². The largest absolute Gasteiger partial charge is 0.370 e. The van der Waals surface area contributed by atoms with Crippen molar-refractivity contribution in [3.63, 3.8) is 0 Å². The van der Waals surface area contributed by atoms with Crippen LogP contribution in [0.2, 0.25) is 0 Å². The van der Waals surface area contributed by atoms with Crippen LogP contribution in [0.4, 0.5) is 14.5 Å². The number of benzene rings is 2.